The third-order valence-electron chi connectivity index (χ3n) is 2.14. The molecule has 0 amide bonds. The fraction of sp³-hybridized carbons (Fsp3) is 0.182. The van der Waals surface area contributed by atoms with Crippen LogP contribution in [0.15, 0.2) is 34.8 Å². The Labute approximate surface area is 97.0 Å². The van der Waals surface area contributed by atoms with E-state index < -0.39 is 0 Å². The smallest absolute Gasteiger partial charge is 0.0924 e. The second-order valence-electron chi connectivity index (χ2n) is 3.32. The van der Waals surface area contributed by atoms with Crippen LogP contribution in [0.1, 0.15) is 5.69 Å². The fourth-order valence-electron chi connectivity index (χ4n) is 1.41. The molecule has 0 aliphatic rings. The molecule has 2 N–H and O–H groups in total. The van der Waals surface area contributed by atoms with Gasteiger partial charge in [0.05, 0.1) is 5.69 Å². The normalized spacial score (nSPS) is 10.5. The standard InChI is InChI=1S/C11H12BrN3/c1-13-7-10-6-11(15-14-10)8-2-4-9(12)5-3-8/h2-6,13H,7H2,1H3,(H,14,15). The molecule has 0 atom stereocenters. The summed E-state index contributed by atoms with van der Waals surface area (Å²) in [5, 5.41) is 10.3. The van der Waals surface area contributed by atoms with Gasteiger partial charge in [0.15, 0.2) is 0 Å². The Morgan fingerprint density at radius 1 is 1.33 bits per heavy atom. The number of benzene rings is 1. The first-order chi connectivity index (χ1) is 7.29. The van der Waals surface area contributed by atoms with E-state index in [4.69, 9.17) is 0 Å². The molecular weight excluding hydrogens is 254 g/mol. The molecule has 1 heterocycles. The number of hydrogen-bond donors (Lipinski definition) is 2. The van der Waals surface area contributed by atoms with E-state index in [0.717, 1.165) is 28.0 Å². The number of nitrogens with one attached hydrogen (secondary N) is 2. The van der Waals surface area contributed by atoms with Gasteiger partial charge in [0.25, 0.3) is 0 Å². The zero-order valence-electron chi connectivity index (χ0n) is 8.42. The topological polar surface area (TPSA) is 40.7 Å². The first-order valence-corrected chi connectivity index (χ1v) is 5.54. The maximum atomic E-state index is 4.25. The van der Waals surface area contributed by atoms with E-state index in [2.05, 4.69) is 37.5 Å². The number of aromatic amines is 1. The van der Waals surface area contributed by atoms with Gasteiger partial charge in [0.1, 0.15) is 0 Å². The summed E-state index contributed by atoms with van der Waals surface area (Å²) in [6.07, 6.45) is 0. The lowest BCUT2D eigenvalue weighted by molar-refractivity contribution is 0.784. The molecule has 0 fully saturated rings. The molecule has 0 spiro atoms. The van der Waals surface area contributed by atoms with Gasteiger partial charge in [-0.05, 0) is 25.2 Å². The molecule has 0 bridgehead atoms. The van der Waals surface area contributed by atoms with Crippen LogP contribution in [0.2, 0.25) is 0 Å². The average molecular weight is 266 g/mol. The molecule has 1 aromatic heterocycles. The lowest BCUT2D eigenvalue weighted by Gasteiger charge is -1.95. The van der Waals surface area contributed by atoms with Crippen molar-refractivity contribution in [1.82, 2.24) is 15.5 Å². The van der Waals surface area contributed by atoms with E-state index in [-0.39, 0.29) is 0 Å². The molecule has 4 heteroatoms. The largest absolute Gasteiger partial charge is 0.314 e. The van der Waals surface area contributed by atoms with Crippen LogP contribution in [0, 0.1) is 0 Å². The Balaban J connectivity index is 2.25. The van der Waals surface area contributed by atoms with E-state index >= 15 is 0 Å². The maximum Gasteiger partial charge on any atom is 0.0924 e. The molecule has 3 nitrogen and oxygen atoms in total. The highest BCUT2D eigenvalue weighted by Crippen LogP contribution is 2.20. The predicted molar refractivity (Wildman–Crippen MR) is 64.5 cm³/mol. The van der Waals surface area contributed by atoms with Crippen LogP contribution >= 0.6 is 15.9 Å². The molecule has 2 rings (SSSR count). The number of nitrogens with zero attached hydrogens (tertiary/aromatic N) is 1. The van der Waals surface area contributed by atoms with Crippen LogP contribution in [-0.2, 0) is 6.54 Å². The molecule has 0 aliphatic heterocycles. The summed E-state index contributed by atoms with van der Waals surface area (Å²) in [7, 11) is 1.92. The van der Waals surface area contributed by atoms with Gasteiger partial charge in [-0.3, -0.25) is 5.10 Å². The van der Waals surface area contributed by atoms with Gasteiger partial charge in [-0.15, -0.1) is 0 Å². The predicted octanol–water partition coefficient (Wildman–Crippen LogP) is 2.56. The van der Waals surface area contributed by atoms with Crippen molar-refractivity contribution in [2.24, 2.45) is 0 Å². The van der Waals surface area contributed by atoms with Crippen LogP contribution in [-0.4, -0.2) is 17.2 Å². The Bertz CT molecular complexity index is 433. The maximum absolute atomic E-state index is 4.25. The van der Waals surface area contributed by atoms with Gasteiger partial charge in [-0.1, -0.05) is 28.1 Å². The van der Waals surface area contributed by atoms with Crippen molar-refractivity contribution < 1.29 is 0 Å². The molecule has 0 saturated heterocycles. The molecule has 0 unspecified atom stereocenters. The molecule has 78 valence electrons. The quantitative estimate of drug-likeness (QED) is 0.896. The zero-order chi connectivity index (χ0) is 10.7. The molecule has 15 heavy (non-hydrogen) atoms. The van der Waals surface area contributed by atoms with E-state index in [9.17, 15) is 0 Å². The number of H-pyrrole nitrogens is 1. The molecule has 2 aromatic rings. The van der Waals surface area contributed by atoms with Gasteiger partial charge in [-0.25, -0.2) is 0 Å². The first-order valence-electron chi connectivity index (χ1n) is 4.74. The number of halogens is 1. The second-order valence-corrected chi connectivity index (χ2v) is 4.23. The summed E-state index contributed by atoms with van der Waals surface area (Å²) >= 11 is 3.41. The van der Waals surface area contributed by atoms with Gasteiger partial charge in [-0.2, -0.15) is 5.10 Å². The lowest BCUT2D eigenvalue weighted by atomic mass is 10.1. The van der Waals surface area contributed by atoms with Gasteiger partial charge in [0.2, 0.25) is 0 Å². The number of aromatic nitrogens is 2. The summed E-state index contributed by atoms with van der Waals surface area (Å²) in [6, 6.07) is 10.2. The van der Waals surface area contributed by atoms with E-state index in [0.29, 0.717) is 0 Å². The third-order valence-corrected chi connectivity index (χ3v) is 2.67. The number of rotatable bonds is 3. The summed E-state index contributed by atoms with van der Waals surface area (Å²) < 4.78 is 1.08. The van der Waals surface area contributed by atoms with Crippen molar-refractivity contribution in [3.8, 4) is 11.3 Å². The summed E-state index contributed by atoms with van der Waals surface area (Å²) in [5.41, 5.74) is 3.19. The first kappa shape index (κ1) is 10.4. The Morgan fingerprint density at radius 3 is 2.73 bits per heavy atom. The van der Waals surface area contributed by atoms with Crippen LogP contribution in [0.25, 0.3) is 11.3 Å². The minimum Gasteiger partial charge on any atom is -0.314 e. The van der Waals surface area contributed by atoms with Crippen molar-refractivity contribution >= 4 is 15.9 Å². The highest BCUT2D eigenvalue weighted by molar-refractivity contribution is 9.10. The minimum atomic E-state index is 0.809. The molecule has 1 aromatic carbocycles. The van der Waals surface area contributed by atoms with Crippen LogP contribution in [0.4, 0.5) is 0 Å². The van der Waals surface area contributed by atoms with Crippen molar-refractivity contribution in [2.75, 3.05) is 7.05 Å². The SMILES string of the molecule is CNCc1cc(-c2ccc(Br)cc2)n[nH]1. The number of hydrogen-bond acceptors (Lipinski definition) is 2. The highest BCUT2D eigenvalue weighted by Gasteiger charge is 2.02. The van der Waals surface area contributed by atoms with Crippen molar-refractivity contribution in [3.05, 3.63) is 40.5 Å². The average Bonchev–Trinajstić information content (AvgIpc) is 2.68. The summed E-state index contributed by atoms with van der Waals surface area (Å²) in [6.45, 7) is 0.809. The van der Waals surface area contributed by atoms with Crippen LogP contribution in [0.5, 0.6) is 0 Å². The van der Waals surface area contributed by atoms with Crippen LogP contribution < -0.4 is 5.32 Å². The van der Waals surface area contributed by atoms with E-state index in [1.54, 1.807) is 0 Å². The van der Waals surface area contributed by atoms with E-state index in [1.165, 1.54) is 0 Å². The Morgan fingerprint density at radius 2 is 2.07 bits per heavy atom. The second kappa shape index (κ2) is 4.59. The Hall–Kier alpha value is -1.13. The molecular formula is C11H12BrN3. The zero-order valence-corrected chi connectivity index (χ0v) is 10.0. The van der Waals surface area contributed by atoms with E-state index in [1.807, 2.05) is 31.3 Å². The van der Waals surface area contributed by atoms with Gasteiger partial charge in [0, 0.05) is 22.3 Å². The van der Waals surface area contributed by atoms with Crippen molar-refractivity contribution in [1.29, 1.82) is 0 Å². The van der Waals surface area contributed by atoms with Crippen molar-refractivity contribution in [2.45, 2.75) is 6.54 Å². The minimum absolute atomic E-state index is 0.809. The fourth-order valence-corrected chi connectivity index (χ4v) is 1.68. The van der Waals surface area contributed by atoms with Crippen molar-refractivity contribution in [3.63, 3.8) is 0 Å². The monoisotopic (exact) mass is 265 g/mol. The third kappa shape index (κ3) is 2.46. The highest BCUT2D eigenvalue weighted by atomic mass is 79.9. The molecule has 0 radical (unpaired) electrons. The summed E-state index contributed by atoms with van der Waals surface area (Å²) in [4.78, 5) is 0. The molecule has 0 saturated carbocycles. The lowest BCUT2D eigenvalue weighted by Crippen LogP contribution is -2.04. The van der Waals surface area contributed by atoms with Gasteiger partial charge >= 0.3 is 0 Å². The summed E-state index contributed by atoms with van der Waals surface area (Å²) in [5.74, 6) is 0. The Kier molecular flexibility index (Phi) is 3.18. The molecule has 0 aliphatic carbocycles. The van der Waals surface area contributed by atoms with Crippen LogP contribution in [0.3, 0.4) is 0 Å². The van der Waals surface area contributed by atoms with Gasteiger partial charge < -0.3 is 5.32 Å².